The van der Waals surface area contributed by atoms with Crippen LogP contribution in [0.1, 0.15) is 10.4 Å². The molecule has 2 rings (SSSR count). The molecule has 13 heavy (non-hydrogen) atoms. The van der Waals surface area contributed by atoms with Crippen molar-refractivity contribution < 1.29 is 9.90 Å². The van der Waals surface area contributed by atoms with Crippen LogP contribution in [0, 0.1) is 0 Å². The van der Waals surface area contributed by atoms with Gasteiger partial charge in [0.05, 0.1) is 5.56 Å². The molecule has 0 atom stereocenters. The van der Waals surface area contributed by atoms with E-state index in [1.807, 2.05) is 30.3 Å². The van der Waals surface area contributed by atoms with Crippen LogP contribution in [0.15, 0.2) is 36.4 Å². The van der Waals surface area contributed by atoms with Gasteiger partial charge < -0.3 is 5.11 Å². The molecule has 2 aromatic carbocycles. The van der Waals surface area contributed by atoms with Crippen molar-refractivity contribution >= 4 is 17.1 Å². The third-order valence-electron chi connectivity index (χ3n) is 2.05. The summed E-state index contributed by atoms with van der Waals surface area (Å²) in [5, 5.41) is 6.14. The molecule has 2 heteroatoms. The van der Waals surface area contributed by atoms with Gasteiger partial charge in [-0.25, -0.2) is 0 Å². The van der Waals surface area contributed by atoms with Crippen molar-refractivity contribution in [3.63, 3.8) is 0 Å². The molecule has 0 radical (unpaired) electrons. The van der Waals surface area contributed by atoms with Crippen LogP contribution in [0.3, 0.4) is 0 Å². The van der Waals surface area contributed by atoms with Gasteiger partial charge in [0.2, 0.25) is 0 Å². The van der Waals surface area contributed by atoms with E-state index >= 15 is 0 Å². The highest BCUT2D eigenvalue weighted by Crippen LogP contribution is 2.24. The SMILES string of the molecule is [2H]Oc1ccc2ccccc2c1C=O. The van der Waals surface area contributed by atoms with Crippen LogP contribution in [0.2, 0.25) is 0 Å². The Kier molecular flexibility index (Phi) is 1.49. The van der Waals surface area contributed by atoms with Gasteiger partial charge >= 0.3 is 0 Å². The topological polar surface area (TPSA) is 37.3 Å². The largest absolute Gasteiger partial charge is 0.507 e. The molecule has 2 nitrogen and oxygen atoms in total. The second-order valence-corrected chi connectivity index (χ2v) is 2.82. The number of carbonyl (C=O) groups excluding carboxylic acids is 1. The number of phenols is 1. The number of fused-ring (bicyclic) bond motifs is 1. The first-order valence-corrected chi connectivity index (χ1v) is 3.97. The maximum Gasteiger partial charge on any atom is 0.293 e. The zero-order valence-corrected chi connectivity index (χ0v) is 6.86. The first kappa shape index (κ1) is 6.66. The zero-order chi connectivity index (χ0) is 9.97. The molecule has 2 aromatic rings. The normalized spacial score (nSPS) is 10.9. The van der Waals surface area contributed by atoms with Crippen LogP contribution in [0.4, 0.5) is 0 Å². The fourth-order valence-electron chi connectivity index (χ4n) is 1.40. The van der Waals surface area contributed by atoms with Gasteiger partial charge in [0, 0.05) is 0 Å². The molecule has 0 fully saturated rings. The minimum Gasteiger partial charge on any atom is -0.507 e. The van der Waals surface area contributed by atoms with E-state index in [0.717, 1.165) is 10.8 Å². The average Bonchev–Trinajstić information content (AvgIpc) is 2.27. The molecule has 0 saturated carbocycles. The molecule has 0 amide bonds. The highest BCUT2D eigenvalue weighted by molar-refractivity contribution is 6.00. The molecule has 0 aliphatic carbocycles. The Balaban J connectivity index is 2.83. The summed E-state index contributed by atoms with van der Waals surface area (Å²) in [6.45, 7) is 0. The number of aldehydes is 1. The second-order valence-electron chi connectivity index (χ2n) is 2.82. The number of aromatic hydroxyl groups is 1. The maximum atomic E-state index is 10.8. The van der Waals surface area contributed by atoms with E-state index in [9.17, 15) is 4.79 Å². The Labute approximate surface area is 76.9 Å². The Bertz CT molecular complexity index is 480. The molecule has 0 saturated heterocycles. The number of phenolic OH excluding ortho intramolecular Hbond substituents is 1. The molecule has 0 aromatic heterocycles. The Morgan fingerprint density at radius 2 is 2.08 bits per heavy atom. The summed E-state index contributed by atoms with van der Waals surface area (Å²) >= 11 is 0. The first-order chi connectivity index (χ1) is 6.86. The van der Waals surface area contributed by atoms with Gasteiger partial charge in [-0.2, -0.15) is 0 Å². The number of benzene rings is 2. The fourth-order valence-corrected chi connectivity index (χ4v) is 1.40. The molecule has 0 aliphatic rings. The van der Waals surface area contributed by atoms with Gasteiger partial charge in [0.15, 0.2) is 6.29 Å². The smallest absolute Gasteiger partial charge is 0.293 e. The van der Waals surface area contributed by atoms with Crippen molar-refractivity contribution in [2.45, 2.75) is 0 Å². The number of hydrogen-bond donors (Lipinski definition) is 1. The highest BCUT2D eigenvalue weighted by atomic mass is 16.3. The van der Waals surface area contributed by atoms with Crippen molar-refractivity contribution in [1.82, 2.24) is 0 Å². The maximum absolute atomic E-state index is 10.8. The summed E-state index contributed by atoms with van der Waals surface area (Å²) in [5.41, 5.74) is 0.429. The van der Waals surface area contributed by atoms with Gasteiger partial charge in [-0.3, -0.25) is 4.79 Å². The summed E-state index contributed by atoms with van der Waals surface area (Å²) in [6.07, 6.45) is 0.714. The van der Waals surface area contributed by atoms with E-state index in [-0.39, 0.29) is 0 Å². The molecule has 0 spiro atoms. The summed E-state index contributed by atoms with van der Waals surface area (Å²) in [4.78, 5) is 10.8. The van der Waals surface area contributed by atoms with E-state index in [0.29, 0.717) is 17.6 Å². The van der Waals surface area contributed by atoms with Crippen molar-refractivity contribution in [2.24, 2.45) is 0 Å². The van der Waals surface area contributed by atoms with Gasteiger partial charge in [-0.05, 0) is 16.8 Å². The van der Waals surface area contributed by atoms with Gasteiger partial charge in [0.1, 0.15) is 5.75 Å². The van der Waals surface area contributed by atoms with Gasteiger partial charge in [0.25, 0.3) is 1.43 Å². The monoisotopic (exact) mass is 173 g/mol. The lowest BCUT2D eigenvalue weighted by molar-refractivity contribution is 0.112. The molecular weight excluding hydrogens is 164 g/mol. The van der Waals surface area contributed by atoms with Crippen LogP contribution in [0.25, 0.3) is 10.8 Å². The predicted molar refractivity (Wildman–Crippen MR) is 51.0 cm³/mol. The van der Waals surface area contributed by atoms with E-state index in [4.69, 9.17) is 1.43 Å². The molecule has 0 aliphatic heterocycles. The van der Waals surface area contributed by atoms with E-state index in [2.05, 4.69) is 5.11 Å². The minimum atomic E-state index is 0.290. The summed E-state index contributed by atoms with van der Waals surface area (Å²) in [5.74, 6) is 0.290. The predicted octanol–water partition coefficient (Wildman–Crippen LogP) is 2.36. The lowest BCUT2D eigenvalue weighted by Gasteiger charge is -2.01. The van der Waals surface area contributed by atoms with Crippen LogP contribution in [-0.4, -0.2) is 12.8 Å². The summed E-state index contributed by atoms with van der Waals surface area (Å²) < 4.78 is 6.80. The Morgan fingerprint density at radius 1 is 1.23 bits per heavy atom. The minimum absolute atomic E-state index is 0.290. The van der Waals surface area contributed by atoms with Crippen molar-refractivity contribution in [1.29, 1.82) is 1.43 Å². The Morgan fingerprint density at radius 3 is 2.85 bits per heavy atom. The number of carbonyl (C=O) groups is 1. The van der Waals surface area contributed by atoms with Gasteiger partial charge in [-0.15, -0.1) is 0 Å². The van der Waals surface area contributed by atoms with E-state index < -0.39 is 0 Å². The number of rotatable bonds is 2. The fraction of sp³-hybridized carbons (Fsp3) is 0. The lowest BCUT2D eigenvalue weighted by Crippen LogP contribution is -1.83. The van der Waals surface area contributed by atoms with Crippen molar-refractivity contribution in [2.75, 3.05) is 0 Å². The highest BCUT2D eigenvalue weighted by Gasteiger charge is 2.03. The van der Waals surface area contributed by atoms with Crippen LogP contribution in [-0.2, 0) is 0 Å². The van der Waals surface area contributed by atoms with Crippen LogP contribution < -0.4 is 0 Å². The quantitative estimate of drug-likeness (QED) is 0.708. The van der Waals surface area contributed by atoms with Gasteiger partial charge in [-0.1, -0.05) is 30.3 Å². The summed E-state index contributed by atoms with van der Waals surface area (Å²) in [6, 6.07) is 10.9. The van der Waals surface area contributed by atoms with E-state index in [1.54, 1.807) is 6.07 Å². The average molecular weight is 173 g/mol. The van der Waals surface area contributed by atoms with Crippen LogP contribution in [0.5, 0.6) is 5.75 Å². The summed E-state index contributed by atoms with van der Waals surface area (Å²) in [7, 11) is 0. The molecule has 64 valence electrons. The van der Waals surface area contributed by atoms with Crippen molar-refractivity contribution in [3.05, 3.63) is 42.0 Å². The molecular formula is C11H8O2. The molecule has 0 bridgehead atoms. The third-order valence-corrected chi connectivity index (χ3v) is 2.05. The standard InChI is InChI=1S/C11H8O2/c12-7-10-9-4-2-1-3-8(9)5-6-11(10)13/h1-7,13H/i/hD. The zero-order valence-electron chi connectivity index (χ0n) is 7.86. The van der Waals surface area contributed by atoms with E-state index in [1.165, 1.54) is 0 Å². The first-order valence-electron chi connectivity index (χ1n) is 4.37. The van der Waals surface area contributed by atoms with Crippen molar-refractivity contribution in [3.8, 4) is 5.75 Å². The second kappa shape index (κ2) is 2.90. The lowest BCUT2D eigenvalue weighted by atomic mass is 10.0. The number of hydrogen-bond acceptors (Lipinski definition) is 2. The third kappa shape index (κ3) is 1.16. The Hall–Kier alpha value is -1.83. The van der Waals surface area contributed by atoms with Crippen LogP contribution >= 0.6 is 0 Å². The molecule has 1 N–H and O–H groups in total. The molecule has 0 unspecified atom stereocenters. The molecule has 0 heterocycles.